The van der Waals surface area contributed by atoms with Gasteiger partial charge in [-0.05, 0) is 20.9 Å². The Morgan fingerprint density at radius 3 is 2.89 bits per heavy atom. The first-order chi connectivity index (χ1) is 9.06. The van der Waals surface area contributed by atoms with Gasteiger partial charge in [-0.2, -0.15) is 0 Å². The number of carbonyl (C=O) groups excluding carboxylic acids is 1. The SMILES string of the molecule is Cc1cc(NC(=O)C(C)N(C)Cc2ccon2)on1. The number of aromatic nitrogens is 2. The molecule has 0 aliphatic carbocycles. The number of aryl methyl sites for hydroxylation is 1. The van der Waals surface area contributed by atoms with Crippen LogP contribution in [0.4, 0.5) is 5.88 Å². The van der Waals surface area contributed by atoms with Gasteiger partial charge in [0.2, 0.25) is 11.8 Å². The molecule has 1 N–H and O–H groups in total. The van der Waals surface area contributed by atoms with Crippen molar-refractivity contribution in [2.24, 2.45) is 0 Å². The number of nitrogens with one attached hydrogen (secondary N) is 1. The summed E-state index contributed by atoms with van der Waals surface area (Å²) < 4.78 is 9.70. The molecule has 0 aliphatic rings. The number of rotatable bonds is 5. The minimum Gasteiger partial charge on any atom is -0.364 e. The van der Waals surface area contributed by atoms with Crippen molar-refractivity contribution in [2.45, 2.75) is 26.4 Å². The quantitative estimate of drug-likeness (QED) is 0.879. The molecule has 102 valence electrons. The van der Waals surface area contributed by atoms with Crippen LogP contribution < -0.4 is 5.32 Å². The molecule has 1 atom stereocenters. The third-order valence-corrected chi connectivity index (χ3v) is 2.82. The van der Waals surface area contributed by atoms with E-state index in [0.29, 0.717) is 12.4 Å². The van der Waals surface area contributed by atoms with E-state index in [2.05, 4.69) is 15.6 Å². The second kappa shape index (κ2) is 5.66. The Morgan fingerprint density at radius 1 is 1.53 bits per heavy atom. The zero-order valence-corrected chi connectivity index (χ0v) is 11.1. The van der Waals surface area contributed by atoms with E-state index in [1.807, 2.05) is 11.9 Å². The summed E-state index contributed by atoms with van der Waals surface area (Å²) in [5.41, 5.74) is 1.50. The first-order valence-corrected chi connectivity index (χ1v) is 5.90. The van der Waals surface area contributed by atoms with Gasteiger partial charge in [-0.25, -0.2) is 0 Å². The molecule has 7 nitrogen and oxygen atoms in total. The number of likely N-dealkylation sites (N-methyl/N-ethyl adjacent to an activating group) is 1. The summed E-state index contributed by atoms with van der Waals surface area (Å²) in [5, 5.41) is 10.2. The first-order valence-electron chi connectivity index (χ1n) is 5.90. The number of carbonyl (C=O) groups is 1. The van der Waals surface area contributed by atoms with Gasteiger partial charge >= 0.3 is 0 Å². The van der Waals surface area contributed by atoms with Crippen LogP contribution >= 0.6 is 0 Å². The molecule has 0 fully saturated rings. The average Bonchev–Trinajstić information content (AvgIpc) is 3.00. The van der Waals surface area contributed by atoms with Crippen LogP contribution in [0.3, 0.4) is 0 Å². The van der Waals surface area contributed by atoms with Crippen LogP contribution in [-0.4, -0.2) is 34.2 Å². The van der Waals surface area contributed by atoms with Crippen molar-refractivity contribution in [3.05, 3.63) is 29.8 Å². The monoisotopic (exact) mass is 264 g/mol. The molecular formula is C12H16N4O3. The van der Waals surface area contributed by atoms with E-state index in [0.717, 1.165) is 11.4 Å². The van der Waals surface area contributed by atoms with Crippen molar-refractivity contribution in [3.8, 4) is 0 Å². The lowest BCUT2D eigenvalue weighted by Gasteiger charge is -2.21. The third-order valence-electron chi connectivity index (χ3n) is 2.82. The minimum absolute atomic E-state index is 0.165. The highest BCUT2D eigenvalue weighted by Crippen LogP contribution is 2.11. The topological polar surface area (TPSA) is 84.4 Å². The summed E-state index contributed by atoms with van der Waals surface area (Å²) in [5.74, 6) is 0.186. The fraction of sp³-hybridized carbons (Fsp3) is 0.417. The lowest BCUT2D eigenvalue weighted by Crippen LogP contribution is -2.39. The maximum Gasteiger partial charge on any atom is 0.243 e. The van der Waals surface area contributed by atoms with E-state index < -0.39 is 0 Å². The van der Waals surface area contributed by atoms with Crippen LogP contribution in [0.25, 0.3) is 0 Å². The van der Waals surface area contributed by atoms with Crippen molar-refractivity contribution in [2.75, 3.05) is 12.4 Å². The summed E-state index contributed by atoms with van der Waals surface area (Å²) >= 11 is 0. The highest BCUT2D eigenvalue weighted by molar-refractivity contribution is 5.93. The molecule has 1 amide bonds. The summed E-state index contributed by atoms with van der Waals surface area (Å²) in [6.07, 6.45) is 1.51. The van der Waals surface area contributed by atoms with E-state index in [1.54, 1.807) is 26.0 Å². The molecule has 2 aromatic heterocycles. The largest absolute Gasteiger partial charge is 0.364 e. The Labute approximate surface area is 110 Å². The average molecular weight is 264 g/mol. The van der Waals surface area contributed by atoms with Gasteiger partial charge in [0, 0.05) is 18.7 Å². The molecule has 0 saturated carbocycles. The lowest BCUT2D eigenvalue weighted by molar-refractivity contribution is -0.120. The van der Waals surface area contributed by atoms with Crippen LogP contribution in [0, 0.1) is 6.92 Å². The number of amides is 1. The van der Waals surface area contributed by atoms with E-state index in [9.17, 15) is 4.79 Å². The van der Waals surface area contributed by atoms with E-state index >= 15 is 0 Å². The summed E-state index contributed by atoms with van der Waals surface area (Å²) in [6.45, 7) is 4.12. The zero-order chi connectivity index (χ0) is 13.8. The number of nitrogens with zero attached hydrogens (tertiary/aromatic N) is 3. The zero-order valence-electron chi connectivity index (χ0n) is 11.1. The number of hydrogen-bond donors (Lipinski definition) is 1. The maximum atomic E-state index is 12.0. The molecule has 1 unspecified atom stereocenters. The van der Waals surface area contributed by atoms with Gasteiger partial charge in [-0.15, -0.1) is 0 Å². The molecule has 7 heteroatoms. The molecule has 0 radical (unpaired) electrons. The molecule has 2 rings (SSSR count). The number of anilines is 1. The molecular weight excluding hydrogens is 248 g/mol. The standard InChI is InChI=1S/C12H16N4O3/c1-8-6-11(19-14-8)13-12(17)9(2)16(3)7-10-4-5-18-15-10/h4-6,9H,7H2,1-3H3,(H,13,17). The van der Waals surface area contributed by atoms with Crippen LogP contribution in [0.5, 0.6) is 0 Å². The molecule has 0 saturated heterocycles. The van der Waals surface area contributed by atoms with Gasteiger partial charge in [0.1, 0.15) is 6.26 Å². The van der Waals surface area contributed by atoms with E-state index in [1.165, 1.54) is 6.26 Å². The Morgan fingerprint density at radius 2 is 2.32 bits per heavy atom. The van der Waals surface area contributed by atoms with Gasteiger partial charge in [0.05, 0.1) is 17.4 Å². The Hall–Kier alpha value is -2.15. The molecule has 0 bridgehead atoms. The Kier molecular flexibility index (Phi) is 3.96. The van der Waals surface area contributed by atoms with Crippen molar-refractivity contribution in [3.63, 3.8) is 0 Å². The van der Waals surface area contributed by atoms with Crippen molar-refractivity contribution in [1.82, 2.24) is 15.2 Å². The lowest BCUT2D eigenvalue weighted by atomic mass is 10.2. The van der Waals surface area contributed by atoms with Crippen molar-refractivity contribution >= 4 is 11.8 Å². The van der Waals surface area contributed by atoms with Crippen molar-refractivity contribution in [1.29, 1.82) is 0 Å². The van der Waals surface area contributed by atoms with Crippen LogP contribution in [-0.2, 0) is 11.3 Å². The predicted octanol–water partition coefficient (Wildman–Crippen LogP) is 1.43. The van der Waals surface area contributed by atoms with Gasteiger partial charge < -0.3 is 9.05 Å². The molecule has 2 aromatic rings. The van der Waals surface area contributed by atoms with E-state index in [4.69, 9.17) is 9.05 Å². The second-order valence-corrected chi connectivity index (χ2v) is 4.40. The predicted molar refractivity (Wildman–Crippen MR) is 67.3 cm³/mol. The fourth-order valence-corrected chi connectivity index (χ4v) is 1.56. The Bertz CT molecular complexity index is 535. The highest BCUT2D eigenvalue weighted by atomic mass is 16.5. The van der Waals surface area contributed by atoms with Gasteiger partial charge in [-0.1, -0.05) is 10.3 Å². The van der Waals surface area contributed by atoms with Crippen LogP contribution in [0.2, 0.25) is 0 Å². The highest BCUT2D eigenvalue weighted by Gasteiger charge is 2.20. The second-order valence-electron chi connectivity index (χ2n) is 4.40. The summed E-state index contributed by atoms with van der Waals surface area (Å²) in [6, 6.07) is 3.10. The third kappa shape index (κ3) is 3.41. The van der Waals surface area contributed by atoms with Crippen molar-refractivity contribution < 1.29 is 13.8 Å². The fourth-order valence-electron chi connectivity index (χ4n) is 1.56. The smallest absolute Gasteiger partial charge is 0.243 e. The maximum absolute atomic E-state index is 12.0. The molecule has 0 aliphatic heterocycles. The summed E-state index contributed by atoms with van der Waals surface area (Å²) in [4.78, 5) is 13.9. The molecule has 0 spiro atoms. The minimum atomic E-state index is -0.331. The molecule has 2 heterocycles. The van der Waals surface area contributed by atoms with Gasteiger partial charge in [-0.3, -0.25) is 15.0 Å². The summed E-state index contributed by atoms with van der Waals surface area (Å²) in [7, 11) is 1.84. The Balaban J connectivity index is 1.91. The van der Waals surface area contributed by atoms with Gasteiger partial charge in [0.15, 0.2) is 0 Å². The normalized spacial score (nSPS) is 12.6. The van der Waals surface area contributed by atoms with E-state index in [-0.39, 0.29) is 11.9 Å². The van der Waals surface area contributed by atoms with Gasteiger partial charge in [0.25, 0.3) is 0 Å². The number of hydrogen-bond acceptors (Lipinski definition) is 6. The van der Waals surface area contributed by atoms with Crippen LogP contribution in [0.1, 0.15) is 18.3 Å². The van der Waals surface area contributed by atoms with Crippen LogP contribution in [0.15, 0.2) is 27.4 Å². The molecule has 19 heavy (non-hydrogen) atoms. The first kappa shape index (κ1) is 13.3. The molecule has 0 aromatic carbocycles.